The van der Waals surface area contributed by atoms with Crippen molar-refractivity contribution in [3.8, 4) is 0 Å². The predicted molar refractivity (Wildman–Crippen MR) is 69.6 cm³/mol. The average molecular weight is 258 g/mol. The summed E-state index contributed by atoms with van der Waals surface area (Å²) in [6, 6.07) is 6.49. The van der Waals surface area contributed by atoms with E-state index in [0.717, 1.165) is 17.7 Å². The molecule has 2 N–H and O–H groups in total. The van der Waals surface area contributed by atoms with Gasteiger partial charge in [0, 0.05) is 12.3 Å². The number of hydrogen-bond acceptors (Lipinski definition) is 4. The van der Waals surface area contributed by atoms with Crippen LogP contribution >= 0.6 is 0 Å². The van der Waals surface area contributed by atoms with Gasteiger partial charge in [0.15, 0.2) is 0 Å². The van der Waals surface area contributed by atoms with E-state index in [1.807, 2.05) is 19.1 Å². The van der Waals surface area contributed by atoms with Crippen molar-refractivity contribution in [1.29, 1.82) is 0 Å². The number of hydrogen-bond donors (Lipinski definition) is 2. The number of rotatable bonds is 4. The summed E-state index contributed by atoms with van der Waals surface area (Å²) in [5, 5.41) is 8.61. The molecular weight excluding hydrogens is 244 g/mol. The number of carbonyl (C=O) groups is 1. The van der Waals surface area contributed by atoms with Crippen LogP contribution in [0, 0.1) is 0 Å². The Labute approximate surface area is 109 Å². The van der Waals surface area contributed by atoms with Crippen LogP contribution in [-0.4, -0.2) is 21.1 Å². The van der Waals surface area contributed by atoms with E-state index < -0.39 is 0 Å². The number of aromatic nitrogens is 3. The summed E-state index contributed by atoms with van der Waals surface area (Å²) < 4.78 is 0. The van der Waals surface area contributed by atoms with Crippen molar-refractivity contribution in [3.05, 3.63) is 57.8 Å². The van der Waals surface area contributed by atoms with E-state index in [2.05, 4.69) is 20.5 Å². The standard InChI is InChI=1S/C13H14N4O2/c1-2-9-4-3-7-14-11(9)8-15-13(19)10-5-6-12(18)17-16-10/h3-7H,2,8H2,1H3,(H,15,19)(H,17,18). The van der Waals surface area contributed by atoms with Crippen molar-refractivity contribution >= 4 is 5.91 Å². The Kier molecular flexibility index (Phi) is 4.02. The van der Waals surface area contributed by atoms with Gasteiger partial charge in [0.05, 0.1) is 12.2 Å². The summed E-state index contributed by atoms with van der Waals surface area (Å²) in [7, 11) is 0. The van der Waals surface area contributed by atoms with Gasteiger partial charge in [-0.15, -0.1) is 0 Å². The van der Waals surface area contributed by atoms with Gasteiger partial charge in [-0.25, -0.2) is 5.10 Å². The molecule has 98 valence electrons. The topological polar surface area (TPSA) is 87.7 Å². The van der Waals surface area contributed by atoms with Gasteiger partial charge in [-0.1, -0.05) is 13.0 Å². The molecule has 0 radical (unpaired) electrons. The molecule has 2 rings (SSSR count). The number of aromatic amines is 1. The van der Waals surface area contributed by atoms with E-state index in [1.54, 1.807) is 6.20 Å². The monoisotopic (exact) mass is 258 g/mol. The number of carbonyl (C=O) groups excluding carboxylic acids is 1. The van der Waals surface area contributed by atoms with Gasteiger partial charge < -0.3 is 5.32 Å². The molecule has 0 spiro atoms. The third kappa shape index (κ3) is 3.25. The Morgan fingerprint density at radius 1 is 1.37 bits per heavy atom. The number of H-pyrrole nitrogens is 1. The Hall–Kier alpha value is -2.50. The minimum Gasteiger partial charge on any atom is -0.345 e. The molecule has 1 amide bonds. The smallest absolute Gasteiger partial charge is 0.272 e. The van der Waals surface area contributed by atoms with E-state index in [1.165, 1.54) is 12.1 Å². The lowest BCUT2D eigenvalue weighted by atomic mass is 10.1. The zero-order chi connectivity index (χ0) is 13.7. The summed E-state index contributed by atoms with van der Waals surface area (Å²) in [6.45, 7) is 2.37. The lowest BCUT2D eigenvalue weighted by Gasteiger charge is -2.07. The molecule has 0 atom stereocenters. The van der Waals surface area contributed by atoms with Crippen LogP contribution in [0.1, 0.15) is 28.7 Å². The first-order valence-electron chi connectivity index (χ1n) is 5.97. The van der Waals surface area contributed by atoms with Crippen LogP contribution in [0.5, 0.6) is 0 Å². The van der Waals surface area contributed by atoms with Gasteiger partial charge in [-0.05, 0) is 24.1 Å². The maximum Gasteiger partial charge on any atom is 0.272 e. The quantitative estimate of drug-likeness (QED) is 0.843. The number of aryl methyl sites for hydroxylation is 1. The molecule has 0 aliphatic carbocycles. The van der Waals surface area contributed by atoms with Gasteiger partial charge in [0.1, 0.15) is 5.69 Å². The lowest BCUT2D eigenvalue weighted by molar-refractivity contribution is 0.0944. The third-order valence-electron chi connectivity index (χ3n) is 2.69. The van der Waals surface area contributed by atoms with E-state index in [0.29, 0.717) is 6.54 Å². The van der Waals surface area contributed by atoms with Crippen LogP contribution in [0.25, 0.3) is 0 Å². The van der Waals surface area contributed by atoms with E-state index >= 15 is 0 Å². The fourth-order valence-electron chi connectivity index (χ4n) is 1.68. The highest BCUT2D eigenvalue weighted by molar-refractivity contribution is 5.91. The van der Waals surface area contributed by atoms with Crippen molar-refractivity contribution in [3.63, 3.8) is 0 Å². The number of nitrogens with one attached hydrogen (secondary N) is 2. The second kappa shape index (κ2) is 5.90. The van der Waals surface area contributed by atoms with Crippen molar-refractivity contribution < 1.29 is 4.79 Å². The van der Waals surface area contributed by atoms with Gasteiger partial charge in [0.2, 0.25) is 0 Å². The first-order valence-corrected chi connectivity index (χ1v) is 5.97. The molecule has 6 nitrogen and oxygen atoms in total. The van der Waals surface area contributed by atoms with Gasteiger partial charge in [-0.3, -0.25) is 14.6 Å². The first kappa shape index (κ1) is 12.9. The highest BCUT2D eigenvalue weighted by Crippen LogP contribution is 2.05. The number of nitrogens with zero attached hydrogens (tertiary/aromatic N) is 2. The third-order valence-corrected chi connectivity index (χ3v) is 2.69. The van der Waals surface area contributed by atoms with Gasteiger partial charge in [-0.2, -0.15) is 5.10 Å². The van der Waals surface area contributed by atoms with Crippen molar-refractivity contribution in [1.82, 2.24) is 20.5 Å². The number of amides is 1. The molecule has 2 aromatic heterocycles. The average Bonchev–Trinajstić information content (AvgIpc) is 2.45. The van der Waals surface area contributed by atoms with Crippen molar-refractivity contribution in [2.45, 2.75) is 19.9 Å². The van der Waals surface area contributed by atoms with Crippen molar-refractivity contribution in [2.24, 2.45) is 0 Å². The molecule has 0 saturated heterocycles. The summed E-state index contributed by atoms with van der Waals surface area (Å²) in [5.41, 5.74) is 1.77. The van der Waals surface area contributed by atoms with Crippen LogP contribution in [0.3, 0.4) is 0 Å². The minimum absolute atomic E-state index is 0.175. The molecule has 0 unspecified atom stereocenters. The molecule has 0 aliphatic rings. The second-order valence-corrected chi connectivity index (χ2v) is 3.95. The Bertz CT molecular complexity index is 616. The van der Waals surface area contributed by atoms with E-state index in [-0.39, 0.29) is 17.2 Å². The molecule has 0 bridgehead atoms. The lowest BCUT2D eigenvalue weighted by Crippen LogP contribution is -2.26. The molecule has 2 aromatic rings. The van der Waals surface area contributed by atoms with E-state index in [4.69, 9.17) is 0 Å². The van der Waals surface area contributed by atoms with Gasteiger partial charge >= 0.3 is 0 Å². The second-order valence-electron chi connectivity index (χ2n) is 3.95. The highest BCUT2D eigenvalue weighted by Gasteiger charge is 2.08. The molecule has 2 heterocycles. The normalized spacial score (nSPS) is 10.2. The zero-order valence-corrected chi connectivity index (χ0v) is 10.5. The molecular formula is C13H14N4O2. The molecule has 0 saturated carbocycles. The molecule has 0 aliphatic heterocycles. The number of pyridine rings is 1. The first-order chi connectivity index (χ1) is 9.20. The maximum absolute atomic E-state index is 11.8. The SMILES string of the molecule is CCc1cccnc1CNC(=O)c1ccc(=O)[nH]n1. The molecule has 6 heteroatoms. The maximum atomic E-state index is 11.8. The molecule has 0 fully saturated rings. The van der Waals surface area contributed by atoms with Crippen LogP contribution in [0.15, 0.2) is 35.3 Å². The Morgan fingerprint density at radius 3 is 2.89 bits per heavy atom. The van der Waals surface area contributed by atoms with E-state index in [9.17, 15) is 9.59 Å². The van der Waals surface area contributed by atoms with Crippen molar-refractivity contribution in [2.75, 3.05) is 0 Å². The zero-order valence-electron chi connectivity index (χ0n) is 10.5. The fourth-order valence-corrected chi connectivity index (χ4v) is 1.68. The Morgan fingerprint density at radius 2 is 2.21 bits per heavy atom. The molecule has 0 aromatic carbocycles. The Balaban J connectivity index is 2.04. The summed E-state index contributed by atoms with van der Waals surface area (Å²) in [5.74, 6) is -0.344. The fraction of sp³-hybridized carbons (Fsp3) is 0.231. The summed E-state index contributed by atoms with van der Waals surface area (Å²) in [6.07, 6.45) is 2.55. The largest absolute Gasteiger partial charge is 0.345 e. The summed E-state index contributed by atoms with van der Waals surface area (Å²) in [4.78, 5) is 26.9. The minimum atomic E-state index is -0.344. The van der Waals surface area contributed by atoms with Crippen LogP contribution in [0.4, 0.5) is 0 Å². The van der Waals surface area contributed by atoms with Crippen LogP contribution < -0.4 is 10.9 Å². The van der Waals surface area contributed by atoms with Crippen LogP contribution in [-0.2, 0) is 13.0 Å². The predicted octanol–water partition coefficient (Wildman–Crippen LogP) is 0.657. The van der Waals surface area contributed by atoms with Gasteiger partial charge in [0.25, 0.3) is 11.5 Å². The molecule has 19 heavy (non-hydrogen) atoms. The summed E-state index contributed by atoms with van der Waals surface area (Å²) >= 11 is 0. The van der Waals surface area contributed by atoms with Crippen LogP contribution in [0.2, 0.25) is 0 Å². The highest BCUT2D eigenvalue weighted by atomic mass is 16.2.